The number of likely N-dealkylation sites (tertiary alicyclic amines) is 1. The Morgan fingerprint density at radius 3 is 2.50 bits per heavy atom. The number of rotatable bonds is 5. The number of carbonyl (C=O) groups is 3. The molecule has 1 aromatic carbocycles. The van der Waals surface area contributed by atoms with Gasteiger partial charge in [0, 0.05) is 44.6 Å². The normalized spacial score (nSPS) is 20.4. The lowest BCUT2D eigenvalue weighted by molar-refractivity contribution is -0.139. The Morgan fingerprint density at radius 2 is 1.81 bits per heavy atom. The van der Waals surface area contributed by atoms with Gasteiger partial charge in [0.2, 0.25) is 5.91 Å². The Labute approximate surface area is 211 Å². The van der Waals surface area contributed by atoms with Gasteiger partial charge in [-0.3, -0.25) is 9.69 Å². The maximum atomic E-state index is 13.9. The molecule has 0 bridgehead atoms. The average Bonchev–Trinajstić information content (AvgIpc) is 3.54. The van der Waals surface area contributed by atoms with Crippen molar-refractivity contribution in [3.8, 4) is 0 Å². The molecular weight excluding hydrogens is 462 g/mol. The second-order valence-corrected chi connectivity index (χ2v) is 10.3. The molecule has 0 saturated carbocycles. The maximum absolute atomic E-state index is 13.9. The molecule has 2 saturated heterocycles. The minimum absolute atomic E-state index is 0.00853. The van der Waals surface area contributed by atoms with E-state index in [0.717, 1.165) is 18.4 Å². The number of ether oxygens (including phenoxy) is 2. The standard InChI is InChI=1S/C26H35N5O5/c1-26(2,3)36-24(33)29-14-15-31(25(34)35-18-20-8-5-4-6-9-20)22(17-29)23(32)30-12-7-10-21(30)16-28-13-11-27-19-28/h4-6,8-9,11,13,19,21-22H,7,10,12,14-18H2,1-3H3/t21-,22-/m1/s1. The first kappa shape index (κ1) is 25.5. The summed E-state index contributed by atoms with van der Waals surface area (Å²) in [5, 5.41) is 0. The zero-order valence-corrected chi connectivity index (χ0v) is 21.2. The highest BCUT2D eigenvalue weighted by molar-refractivity contribution is 5.87. The number of imidazole rings is 1. The van der Waals surface area contributed by atoms with Crippen LogP contribution in [0.25, 0.3) is 0 Å². The van der Waals surface area contributed by atoms with Crippen LogP contribution in [0.1, 0.15) is 39.2 Å². The van der Waals surface area contributed by atoms with E-state index in [1.165, 1.54) is 9.80 Å². The molecule has 4 rings (SSSR count). The van der Waals surface area contributed by atoms with Gasteiger partial charge in [-0.25, -0.2) is 14.6 Å². The van der Waals surface area contributed by atoms with E-state index in [4.69, 9.17) is 9.47 Å². The van der Waals surface area contributed by atoms with E-state index in [1.807, 2.05) is 46.0 Å². The molecule has 2 fully saturated rings. The molecule has 2 aliphatic rings. The molecule has 0 radical (unpaired) electrons. The number of carbonyl (C=O) groups excluding carboxylic acids is 3. The molecule has 0 unspecified atom stereocenters. The Kier molecular flexibility index (Phi) is 7.81. The number of hydrogen-bond acceptors (Lipinski definition) is 6. The van der Waals surface area contributed by atoms with Crippen molar-refractivity contribution in [3.63, 3.8) is 0 Å². The first-order valence-electron chi connectivity index (χ1n) is 12.4. The van der Waals surface area contributed by atoms with Crippen molar-refractivity contribution >= 4 is 18.1 Å². The van der Waals surface area contributed by atoms with Gasteiger partial charge in [-0.1, -0.05) is 30.3 Å². The van der Waals surface area contributed by atoms with Crippen molar-refractivity contribution in [2.45, 2.75) is 64.4 Å². The van der Waals surface area contributed by atoms with Crippen LogP contribution < -0.4 is 0 Å². The molecule has 36 heavy (non-hydrogen) atoms. The fourth-order valence-corrected chi connectivity index (χ4v) is 4.65. The van der Waals surface area contributed by atoms with Gasteiger partial charge in [-0.05, 0) is 39.2 Å². The van der Waals surface area contributed by atoms with Gasteiger partial charge in [0.1, 0.15) is 18.2 Å². The Bertz CT molecular complexity index is 1040. The third-order valence-corrected chi connectivity index (χ3v) is 6.40. The highest BCUT2D eigenvalue weighted by Crippen LogP contribution is 2.24. The lowest BCUT2D eigenvalue weighted by Crippen LogP contribution is -2.63. The summed E-state index contributed by atoms with van der Waals surface area (Å²) in [6.45, 7) is 7.25. The Balaban J connectivity index is 1.50. The van der Waals surface area contributed by atoms with Crippen molar-refractivity contribution < 1.29 is 23.9 Å². The molecule has 3 amide bonds. The third-order valence-electron chi connectivity index (χ3n) is 6.40. The first-order chi connectivity index (χ1) is 17.2. The molecular formula is C26H35N5O5. The Hall–Kier alpha value is -3.56. The topological polar surface area (TPSA) is 97.2 Å². The van der Waals surface area contributed by atoms with Gasteiger partial charge in [0.15, 0.2) is 0 Å². The summed E-state index contributed by atoms with van der Waals surface area (Å²) in [5.74, 6) is -0.178. The molecule has 10 nitrogen and oxygen atoms in total. The van der Waals surface area contributed by atoms with E-state index in [-0.39, 0.29) is 38.2 Å². The fraction of sp³-hybridized carbons (Fsp3) is 0.538. The Morgan fingerprint density at radius 1 is 1.03 bits per heavy atom. The molecule has 0 N–H and O–H groups in total. The minimum atomic E-state index is -0.849. The molecule has 1 aromatic heterocycles. The van der Waals surface area contributed by atoms with Crippen LogP contribution in [-0.4, -0.2) is 86.2 Å². The van der Waals surface area contributed by atoms with E-state index < -0.39 is 23.8 Å². The number of amides is 3. The second-order valence-electron chi connectivity index (χ2n) is 10.3. The van der Waals surface area contributed by atoms with Crippen LogP contribution in [0.5, 0.6) is 0 Å². The number of nitrogens with zero attached hydrogens (tertiary/aromatic N) is 5. The van der Waals surface area contributed by atoms with E-state index in [9.17, 15) is 14.4 Å². The van der Waals surface area contributed by atoms with Crippen LogP contribution in [-0.2, 0) is 27.4 Å². The van der Waals surface area contributed by atoms with Crippen LogP contribution in [0, 0.1) is 0 Å². The number of aromatic nitrogens is 2. The van der Waals surface area contributed by atoms with Crippen molar-refractivity contribution in [2.24, 2.45) is 0 Å². The average molecular weight is 498 g/mol. The summed E-state index contributed by atoms with van der Waals surface area (Å²) >= 11 is 0. The van der Waals surface area contributed by atoms with Crippen molar-refractivity contribution in [3.05, 3.63) is 54.6 Å². The van der Waals surface area contributed by atoms with Gasteiger partial charge in [-0.2, -0.15) is 0 Å². The molecule has 0 aliphatic carbocycles. The molecule has 10 heteroatoms. The highest BCUT2D eigenvalue weighted by Gasteiger charge is 2.43. The number of benzene rings is 1. The van der Waals surface area contributed by atoms with Crippen molar-refractivity contribution in [1.29, 1.82) is 0 Å². The van der Waals surface area contributed by atoms with Gasteiger partial charge in [0.05, 0.1) is 12.9 Å². The van der Waals surface area contributed by atoms with Gasteiger partial charge >= 0.3 is 12.2 Å². The second kappa shape index (κ2) is 11.0. The summed E-state index contributed by atoms with van der Waals surface area (Å²) in [5.41, 5.74) is 0.203. The highest BCUT2D eigenvalue weighted by atomic mass is 16.6. The molecule has 194 valence electrons. The van der Waals surface area contributed by atoms with Gasteiger partial charge in [0.25, 0.3) is 0 Å². The maximum Gasteiger partial charge on any atom is 0.410 e. The largest absolute Gasteiger partial charge is 0.445 e. The summed E-state index contributed by atoms with van der Waals surface area (Å²) in [4.78, 5) is 48.7. The van der Waals surface area contributed by atoms with Crippen LogP contribution in [0.2, 0.25) is 0 Å². The summed E-state index contributed by atoms with van der Waals surface area (Å²) in [7, 11) is 0. The fourth-order valence-electron chi connectivity index (χ4n) is 4.65. The molecule has 2 aliphatic heterocycles. The zero-order valence-electron chi connectivity index (χ0n) is 21.2. The van der Waals surface area contributed by atoms with Gasteiger partial charge in [-0.15, -0.1) is 0 Å². The molecule has 2 aromatic rings. The monoisotopic (exact) mass is 497 g/mol. The van der Waals surface area contributed by atoms with E-state index >= 15 is 0 Å². The van der Waals surface area contributed by atoms with Gasteiger partial charge < -0.3 is 23.8 Å². The van der Waals surface area contributed by atoms with E-state index in [2.05, 4.69) is 4.98 Å². The van der Waals surface area contributed by atoms with Crippen LogP contribution in [0.3, 0.4) is 0 Å². The quantitative estimate of drug-likeness (QED) is 0.630. The molecule has 2 atom stereocenters. The lowest BCUT2D eigenvalue weighted by Gasteiger charge is -2.42. The first-order valence-corrected chi connectivity index (χ1v) is 12.4. The van der Waals surface area contributed by atoms with E-state index in [1.54, 1.807) is 33.3 Å². The summed E-state index contributed by atoms with van der Waals surface area (Å²) in [6, 6.07) is 8.55. The number of piperazine rings is 1. The smallest absolute Gasteiger partial charge is 0.410 e. The SMILES string of the molecule is CC(C)(C)OC(=O)N1CCN(C(=O)OCc2ccccc2)[C@@H](C(=O)N2CCC[C@@H]2Cn2ccnc2)C1. The number of hydrogen-bond donors (Lipinski definition) is 0. The van der Waals surface area contributed by atoms with Crippen LogP contribution in [0.15, 0.2) is 49.1 Å². The molecule has 3 heterocycles. The van der Waals surface area contributed by atoms with Crippen LogP contribution >= 0.6 is 0 Å². The predicted molar refractivity (Wildman–Crippen MR) is 132 cm³/mol. The summed E-state index contributed by atoms with van der Waals surface area (Å²) < 4.78 is 13.1. The van der Waals surface area contributed by atoms with Crippen molar-refractivity contribution in [1.82, 2.24) is 24.3 Å². The lowest BCUT2D eigenvalue weighted by atomic mass is 10.1. The van der Waals surface area contributed by atoms with Crippen LogP contribution in [0.4, 0.5) is 9.59 Å². The predicted octanol–water partition coefficient (Wildman–Crippen LogP) is 3.13. The zero-order chi connectivity index (χ0) is 25.7. The van der Waals surface area contributed by atoms with E-state index in [0.29, 0.717) is 13.1 Å². The molecule has 0 spiro atoms. The minimum Gasteiger partial charge on any atom is -0.445 e. The summed E-state index contributed by atoms with van der Waals surface area (Å²) in [6.07, 6.45) is 6.01. The third kappa shape index (κ3) is 6.35. The van der Waals surface area contributed by atoms with Crippen molar-refractivity contribution in [2.75, 3.05) is 26.2 Å².